The first kappa shape index (κ1) is 21.2. The molecule has 0 saturated heterocycles. The van der Waals surface area contributed by atoms with Crippen LogP contribution in [0, 0.1) is 20.8 Å². The van der Waals surface area contributed by atoms with E-state index in [9.17, 15) is 4.79 Å². The number of carbonyl (C=O) groups is 1. The van der Waals surface area contributed by atoms with Crippen molar-refractivity contribution in [3.63, 3.8) is 0 Å². The average molecular weight is 426 g/mol. The van der Waals surface area contributed by atoms with Gasteiger partial charge in [-0.05, 0) is 69.7 Å². The Morgan fingerprint density at radius 2 is 1.83 bits per heavy atom. The van der Waals surface area contributed by atoms with E-state index in [1.807, 2.05) is 43.3 Å². The third-order valence-electron chi connectivity index (χ3n) is 4.70. The van der Waals surface area contributed by atoms with Crippen LogP contribution in [-0.2, 0) is 4.79 Å². The number of thioether (sulfide) groups is 1. The van der Waals surface area contributed by atoms with E-state index < -0.39 is 0 Å². The highest BCUT2D eigenvalue weighted by molar-refractivity contribution is 8.00. The predicted molar refractivity (Wildman–Crippen MR) is 122 cm³/mol. The van der Waals surface area contributed by atoms with Gasteiger partial charge in [0.05, 0.1) is 11.5 Å². The van der Waals surface area contributed by atoms with Gasteiger partial charge in [0.1, 0.15) is 0 Å². The second-order valence-electron chi connectivity index (χ2n) is 6.90. The number of para-hydroxylation sites is 1. The summed E-state index contributed by atoms with van der Waals surface area (Å²) in [6.07, 6.45) is 1.70. The first-order valence-electron chi connectivity index (χ1n) is 9.37. The van der Waals surface area contributed by atoms with Crippen LogP contribution in [-0.4, -0.2) is 21.9 Å². The van der Waals surface area contributed by atoms with Crippen molar-refractivity contribution in [2.45, 2.75) is 37.8 Å². The zero-order chi connectivity index (χ0) is 21.0. The van der Waals surface area contributed by atoms with E-state index in [1.165, 1.54) is 17.3 Å². The molecule has 1 N–H and O–H groups in total. The third kappa shape index (κ3) is 5.11. The van der Waals surface area contributed by atoms with Crippen LogP contribution < -0.4 is 5.43 Å². The second-order valence-corrected chi connectivity index (χ2v) is 8.75. The Kier molecular flexibility index (Phi) is 6.83. The maximum Gasteiger partial charge on any atom is 0.253 e. The van der Waals surface area contributed by atoms with Gasteiger partial charge in [0.25, 0.3) is 5.91 Å². The van der Waals surface area contributed by atoms with Gasteiger partial charge in [-0.3, -0.25) is 4.79 Å². The van der Waals surface area contributed by atoms with Crippen molar-refractivity contribution in [1.82, 2.24) is 9.99 Å². The highest BCUT2D eigenvalue weighted by atomic mass is 35.5. The molecule has 0 spiro atoms. The van der Waals surface area contributed by atoms with E-state index in [0.717, 1.165) is 27.5 Å². The summed E-state index contributed by atoms with van der Waals surface area (Å²) >= 11 is 7.37. The maximum atomic E-state index is 12.4. The van der Waals surface area contributed by atoms with Crippen LogP contribution in [0.1, 0.15) is 29.4 Å². The number of carbonyl (C=O) groups excluding carboxylic acids is 1. The fourth-order valence-electron chi connectivity index (χ4n) is 3.13. The number of hydrogen-bond donors (Lipinski definition) is 1. The average Bonchev–Trinajstić information content (AvgIpc) is 2.97. The zero-order valence-corrected chi connectivity index (χ0v) is 18.5. The van der Waals surface area contributed by atoms with Gasteiger partial charge in [-0.15, -0.1) is 11.8 Å². The van der Waals surface area contributed by atoms with Crippen molar-refractivity contribution in [1.29, 1.82) is 0 Å². The molecule has 3 rings (SSSR count). The first-order chi connectivity index (χ1) is 13.9. The lowest BCUT2D eigenvalue weighted by Crippen LogP contribution is -2.26. The molecule has 1 aromatic heterocycles. The van der Waals surface area contributed by atoms with Crippen molar-refractivity contribution >= 4 is 35.5 Å². The lowest BCUT2D eigenvalue weighted by molar-refractivity contribution is -0.120. The number of nitrogens with one attached hydrogen (secondary N) is 1. The molecule has 1 amide bonds. The van der Waals surface area contributed by atoms with Crippen molar-refractivity contribution in [3.8, 4) is 5.69 Å². The fraction of sp³-hybridized carbons (Fsp3) is 0.217. The Morgan fingerprint density at radius 3 is 2.52 bits per heavy atom. The molecule has 0 radical (unpaired) electrons. The number of aryl methyl sites for hydroxylation is 2. The van der Waals surface area contributed by atoms with E-state index in [-0.39, 0.29) is 11.2 Å². The molecular formula is C23H24ClN3OS. The minimum absolute atomic E-state index is 0.145. The van der Waals surface area contributed by atoms with E-state index in [1.54, 1.807) is 6.21 Å². The number of hydrogen-bond acceptors (Lipinski definition) is 3. The molecule has 0 unspecified atom stereocenters. The number of rotatable bonds is 6. The summed E-state index contributed by atoms with van der Waals surface area (Å²) in [4.78, 5) is 13.3. The summed E-state index contributed by atoms with van der Waals surface area (Å²) < 4.78 is 2.21. The SMILES string of the molecule is Cc1ccccc1-n1c(C)cc(/C=N\NC(=O)[C@@H](C)Sc2ccc(Cl)cc2)c1C. The second kappa shape index (κ2) is 9.33. The molecular weight excluding hydrogens is 402 g/mol. The molecule has 0 saturated carbocycles. The van der Waals surface area contributed by atoms with Gasteiger partial charge in [-0.1, -0.05) is 29.8 Å². The Hall–Kier alpha value is -2.50. The zero-order valence-electron chi connectivity index (χ0n) is 16.9. The van der Waals surface area contributed by atoms with Gasteiger partial charge in [0.15, 0.2) is 0 Å². The van der Waals surface area contributed by atoms with Crippen molar-refractivity contribution < 1.29 is 4.79 Å². The van der Waals surface area contributed by atoms with Crippen LogP contribution in [0.25, 0.3) is 5.69 Å². The van der Waals surface area contributed by atoms with Crippen molar-refractivity contribution in [2.75, 3.05) is 0 Å². The van der Waals surface area contributed by atoms with E-state index >= 15 is 0 Å². The van der Waals surface area contributed by atoms with Gasteiger partial charge in [0, 0.05) is 32.6 Å². The lowest BCUT2D eigenvalue weighted by atomic mass is 10.2. The topological polar surface area (TPSA) is 46.4 Å². The Bertz CT molecular complexity index is 1040. The molecule has 1 heterocycles. The largest absolute Gasteiger partial charge is 0.318 e. The minimum Gasteiger partial charge on any atom is -0.318 e. The van der Waals surface area contributed by atoms with Gasteiger partial charge >= 0.3 is 0 Å². The normalized spacial score (nSPS) is 12.3. The number of nitrogens with zero attached hydrogens (tertiary/aromatic N) is 2. The number of benzene rings is 2. The summed E-state index contributed by atoms with van der Waals surface area (Å²) in [6.45, 7) is 8.08. The molecule has 0 aliphatic carbocycles. The summed E-state index contributed by atoms with van der Waals surface area (Å²) in [5, 5.41) is 4.59. The van der Waals surface area contributed by atoms with Crippen LogP contribution in [0.3, 0.4) is 0 Å². The molecule has 0 aliphatic heterocycles. The van der Waals surface area contributed by atoms with E-state index in [2.05, 4.69) is 54.1 Å². The highest BCUT2D eigenvalue weighted by Crippen LogP contribution is 2.25. The molecule has 29 heavy (non-hydrogen) atoms. The first-order valence-corrected chi connectivity index (χ1v) is 10.6. The summed E-state index contributed by atoms with van der Waals surface area (Å²) in [5.41, 5.74) is 8.18. The molecule has 2 aromatic carbocycles. The third-order valence-corrected chi connectivity index (χ3v) is 6.06. The van der Waals surface area contributed by atoms with Gasteiger partial charge in [-0.25, -0.2) is 5.43 Å². The summed E-state index contributed by atoms with van der Waals surface area (Å²) in [7, 11) is 0. The monoisotopic (exact) mass is 425 g/mol. The van der Waals surface area contributed by atoms with Crippen LogP contribution in [0.5, 0.6) is 0 Å². The number of aromatic nitrogens is 1. The predicted octanol–water partition coefficient (Wildman–Crippen LogP) is 5.69. The van der Waals surface area contributed by atoms with Crippen molar-refractivity contribution in [3.05, 3.63) is 82.1 Å². The van der Waals surface area contributed by atoms with Gasteiger partial charge in [0.2, 0.25) is 0 Å². The molecule has 4 nitrogen and oxygen atoms in total. The molecule has 6 heteroatoms. The molecule has 0 fully saturated rings. The molecule has 0 bridgehead atoms. The quantitative estimate of drug-likeness (QED) is 0.313. The van der Waals surface area contributed by atoms with Crippen LogP contribution >= 0.6 is 23.4 Å². The number of halogens is 1. The Labute approximate surface area is 181 Å². The molecule has 150 valence electrons. The van der Waals surface area contributed by atoms with Crippen LogP contribution in [0.4, 0.5) is 0 Å². The number of amides is 1. The minimum atomic E-state index is -0.271. The summed E-state index contributed by atoms with van der Waals surface area (Å²) in [6, 6.07) is 17.8. The van der Waals surface area contributed by atoms with Gasteiger partial charge < -0.3 is 4.57 Å². The maximum absolute atomic E-state index is 12.4. The molecule has 1 atom stereocenters. The van der Waals surface area contributed by atoms with Gasteiger partial charge in [-0.2, -0.15) is 5.10 Å². The standard InChI is InChI=1S/C23H24ClN3OS/c1-15-7-5-6-8-22(15)27-16(2)13-19(17(27)3)14-25-26-23(28)18(4)29-21-11-9-20(24)10-12-21/h5-14,18H,1-4H3,(H,26,28)/b25-14-/t18-/m1/s1. The number of hydrazone groups is 1. The lowest BCUT2D eigenvalue weighted by Gasteiger charge is -2.12. The Morgan fingerprint density at radius 1 is 1.14 bits per heavy atom. The molecule has 0 aliphatic rings. The van der Waals surface area contributed by atoms with E-state index in [0.29, 0.717) is 5.02 Å². The fourth-order valence-corrected chi connectivity index (χ4v) is 4.12. The highest BCUT2D eigenvalue weighted by Gasteiger charge is 2.14. The van der Waals surface area contributed by atoms with E-state index in [4.69, 9.17) is 11.6 Å². The summed E-state index contributed by atoms with van der Waals surface area (Å²) in [5.74, 6) is -0.145. The smallest absolute Gasteiger partial charge is 0.253 e. The van der Waals surface area contributed by atoms with Crippen LogP contribution in [0.2, 0.25) is 5.02 Å². The van der Waals surface area contributed by atoms with Crippen LogP contribution in [0.15, 0.2) is 64.6 Å². The van der Waals surface area contributed by atoms with Crippen molar-refractivity contribution in [2.24, 2.45) is 5.10 Å². The molecule has 3 aromatic rings. The Balaban J connectivity index is 1.67.